The second-order valence-corrected chi connectivity index (χ2v) is 4.72. The van der Waals surface area contributed by atoms with Crippen LogP contribution in [-0.2, 0) is 6.42 Å². The topological polar surface area (TPSA) is 63.8 Å². The first-order valence-electron chi connectivity index (χ1n) is 5.52. The van der Waals surface area contributed by atoms with Crippen LogP contribution in [0.25, 0.3) is 0 Å². The molecule has 0 amide bonds. The van der Waals surface area contributed by atoms with Gasteiger partial charge in [0.15, 0.2) is 0 Å². The maximum atomic E-state index is 5.80. The molecule has 0 aliphatic rings. The molecule has 0 bridgehead atoms. The van der Waals surface area contributed by atoms with Crippen molar-refractivity contribution < 1.29 is 0 Å². The van der Waals surface area contributed by atoms with Crippen LogP contribution in [0.4, 0.5) is 11.6 Å². The van der Waals surface area contributed by atoms with Crippen molar-refractivity contribution in [1.29, 1.82) is 0 Å². The van der Waals surface area contributed by atoms with E-state index in [1.807, 2.05) is 13.8 Å². The highest BCUT2D eigenvalue weighted by Crippen LogP contribution is 2.17. The van der Waals surface area contributed by atoms with Gasteiger partial charge in [0.2, 0.25) is 0 Å². The number of hydrogen-bond donors (Lipinski definition) is 2. The smallest absolute Gasteiger partial charge is 0.134 e. The van der Waals surface area contributed by atoms with Crippen LogP contribution >= 0.6 is 11.3 Å². The molecule has 2 aromatic heterocycles. The predicted octanol–water partition coefficient (Wildman–Crippen LogP) is 2.39. The first-order chi connectivity index (χ1) is 8.16. The number of rotatable bonds is 4. The van der Waals surface area contributed by atoms with Gasteiger partial charge in [0.05, 0.1) is 0 Å². The van der Waals surface area contributed by atoms with E-state index in [4.69, 9.17) is 5.73 Å². The van der Waals surface area contributed by atoms with Crippen molar-refractivity contribution in [1.82, 2.24) is 9.97 Å². The van der Waals surface area contributed by atoms with Gasteiger partial charge in [-0.2, -0.15) is 11.3 Å². The van der Waals surface area contributed by atoms with Gasteiger partial charge >= 0.3 is 0 Å². The van der Waals surface area contributed by atoms with Crippen LogP contribution in [0.3, 0.4) is 0 Å². The molecule has 0 unspecified atom stereocenters. The van der Waals surface area contributed by atoms with E-state index in [0.717, 1.165) is 24.3 Å². The number of thiophene rings is 1. The highest BCUT2D eigenvalue weighted by molar-refractivity contribution is 7.07. The van der Waals surface area contributed by atoms with Gasteiger partial charge in [0, 0.05) is 12.1 Å². The first kappa shape index (κ1) is 11.9. The SMILES string of the molecule is Cc1nc(N)c(C)c(NCCc2ccsc2)n1. The molecule has 0 spiro atoms. The maximum absolute atomic E-state index is 5.80. The average molecular weight is 248 g/mol. The van der Waals surface area contributed by atoms with E-state index in [-0.39, 0.29) is 0 Å². The maximum Gasteiger partial charge on any atom is 0.134 e. The summed E-state index contributed by atoms with van der Waals surface area (Å²) in [6, 6.07) is 2.14. The number of nitrogens with zero attached hydrogens (tertiary/aromatic N) is 2. The molecule has 2 rings (SSSR count). The molecule has 0 saturated carbocycles. The van der Waals surface area contributed by atoms with E-state index >= 15 is 0 Å². The Kier molecular flexibility index (Phi) is 3.58. The molecule has 2 aromatic rings. The molecule has 17 heavy (non-hydrogen) atoms. The third kappa shape index (κ3) is 2.94. The zero-order chi connectivity index (χ0) is 12.3. The molecule has 0 aliphatic carbocycles. The van der Waals surface area contributed by atoms with Gasteiger partial charge < -0.3 is 11.1 Å². The third-order valence-electron chi connectivity index (χ3n) is 2.58. The fraction of sp³-hybridized carbons (Fsp3) is 0.333. The standard InChI is InChI=1S/C12H16N4S/c1-8-11(13)15-9(2)16-12(8)14-5-3-10-4-6-17-7-10/h4,6-7H,3,5H2,1-2H3,(H3,13,14,15,16). The lowest BCUT2D eigenvalue weighted by Gasteiger charge is -2.10. The van der Waals surface area contributed by atoms with Crippen LogP contribution in [0.2, 0.25) is 0 Å². The zero-order valence-electron chi connectivity index (χ0n) is 10.0. The fourth-order valence-electron chi connectivity index (χ4n) is 1.58. The predicted molar refractivity (Wildman–Crippen MR) is 72.4 cm³/mol. The molecule has 0 radical (unpaired) electrons. The minimum Gasteiger partial charge on any atom is -0.383 e. The van der Waals surface area contributed by atoms with Crippen molar-refractivity contribution in [3.05, 3.63) is 33.8 Å². The Bertz CT molecular complexity index is 493. The molecule has 0 fully saturated rings. The largest absolute Gasteiger partial charge is 0.383 e. The second kappa shape index (κ2) is 5.14. The lowest BCUT2D eigenvalue weighted by atomic mass is 10.2. The van der Waals surface area contributed by atoms with E-state index in [1.54, 1.807) is 11.3 Å². The van der Waals surface area contributed by atoms with Crippen LogP contribution in [0, 0.1) is 13.8 Å². The summed E-state index contributed by atoms with van der Waals surface area (Å²) in [7, 11) is 0. The Morgan fingerprint density at radius 1 is 1.35 bits per heavy atom. The monoisotopic (exact) mass is 248 g/mol. The van der Waals surface area contributed by atoms with Gasteiger partial charge in [-0.05, 0) is 42.7 Å². The van der Waals surface area contributed by atoms with Crippen molar-refractivity contribution in [3.63, 3.8) is 0 Å². The molecular formula is C12H16N4S. The minimum atomic E-state index is 0.551. The fourth-order valence-corrected chi connectivity index (χ4v) is 2.29. The third-order valence-corrected chi connectivity index (χ3v) is 3.31. The summed E-state index contributed by atoms with van der Waals surface area (Å²) >= 11 is 1.72. The number of anilines is 2. The van der Waals surface area contributed by atoms with Gasteiger partial charge in [-0.15, -0.1) is 0 Å². The average Bonchev–Trinajstić information content (AvgIpc) is 2.78. The molecule has 0 aromatic carbocycles. The lowest BCUT2D eigenvalue weighted by molar-refractivity contribution is 0.977. The summed E-state index contributed by atoms with van der Waals surface area (Å²) in [4.78, 5) is 8.47. The zero-order valence-corrected chi connectivity index (χ0v) is 10.8. The highest BCUT2D eigenvalue weighted by atomic mass is 32.1. The number of nitrogen functional groups attached to an aromatic ring is 1. The molecule has 4 nitrogen and oxygen atoms in total. The van der Waals surface area contributed by atoms with E-state index in [2.05, 4.69) is 32.1 Å². The van der Waals surface area contributed by atoms with Crippen molar-refractivity contribution in [2.75, 3.05) is 17.6 Å². The van der Waals surface area contributed by atoms with Gasteiger partial charge in [-0.1, -0.05) is 0 Å². The van der Waals surface area contributed by atoms with Gasteiger partial charge in [0.25, 0.3) is 0 Å². The molecular weight excluding hydrogens is 232 g/mol. The van der Waals surface area contributed by atoms with Crippen molar-refractivity contribution in [2.45, 2.75) is 20.3 Å². The molecule has 3 N–H and O–H groups in total. The van der Waals surface area contributed by atoms with E-state index < -0.39 is 0 Å². The summed E-state index contributed by atoms with van der Waals surface area (Å²) in [5.41, 5.74) is 8.06. The Hall–Kier alpha value is -1.62. The van der Waals surface area contributed by atoms with E-state index in [0.29, 0.717) is 11.6 Å². The van der Waals surface area contributed by atoms with Crippen LogP contribution in [0.5, 0.6) is 0 Å². The molecule has 0 atom stereocenters. The Morgan fingerprint density at radius 3 is 2.88 bits per heavy atom. The Morgan fingerprint density at radius 2 is 2.18 bits per heavy atom. The summed E-state index contributed by atoms with van der Waals surface area (Å²) < 4.78 is 0. The minimum absolute atomic E-state index is 0.551. The molecule has 2 heterocycles. The molecule has 90 valence electrons. The van der Waals surface area contributed by atoms with Crippen molar-refractivity contribution in [2.24, 2.45) is 0 Å². The number of hydrogen-bond acceptors (Lipinski definition) is 5. The van der Waals surface area contributed by atoms with Crippen molar-refractivity contribution >= 4 is 23.0 Å². The number of nitrogens with two attached hydrogens (primary N) is 1. The van der Waals surface area contributed by atoms with Crippen molar-refractivity contribution in [3.8, 4) is 0 Å². The van der Waals surface area contributed by atoms with E-state index in [1.165, 1.54) is 5.56 Å². The van der Waals surface area contributed by atoms with Crippen LogP contribution in [-0.4, -0.2) is 16.5 Å². The second-order valence-electron chi connectivity index (χ2n) is 3.94. The lowest BCUT2D eigenvalue weighted by Crippen LogP contribution is -2.10. The van der Waals surface area contributed by atoms with Gasteiger partial charge in [-0.3, -0.25) is 0 Å². The number of aryl methyl sites for hydroxylation is 1. The Labute approximate surface area is 105 Å². The molecule has 5 heteroatoms. The summed E-state index contributed by atoms with van der Waals surface area (Å²) in [5.74, 6) is 2.09. The van der Waals surface area contributed by atoms with Crippen LogP contribution in [0.1, 0.15) is 17.0 Å². The highest BCUT2D eigenvalue weighted by Gasteiger charge is 2.05. The van der Waals surface area contributed by atoms with Crippen LogP contribution < -0.4 is 11.1 Å². The van der Waals surface area contributed by atoms with E-state index in [9.17, 15) is 0 Å². The first-order valence-corrected chi connectivity index (χ1v) is 6.47. The normalized spacial score (nSPS) is 10.5. The summed E-state index contributed by atoms with van der Waals surface area (Å²) in [6.07, 6.45) is 0.992. The Balaban J connectivity index is 1.99. The van der Waals surface area contributed by atoms with Crippen LogP contribution in [0.15, 0.2) is 16.8 Å². The number of aromatic nitrogens is 2. The van der Waals surface area contributed by atoms with Gasteiger partial charge in [-0.25, -0.2) is 9.97 Å². The summed E-state index contributed by atoms with van der Waals surface area (Å²) in [5, 5.41) is 7.56. The summed E-state index contributed by atoms with van der Waals surface area (Å²) in [6.45, 7) is 4.63. The molecule has 0 aliphatic heterocycles. The molecule has 0 saturated heterocycles. The number of nitrogens with one attached hydrogen (secondary N) is 1. The quantitative estimate of drug-likeness (QED) is 0.872. The van der Waals surface area contributed by atoms with Gasteiger partial charge in [0.1, 0.15) is 17.5 Å².